The fourth-order valence-electron chi connectivity index (χ4n) is 2.24. The lowest BCUT2D eigenvalue weighted by molar-refractivity contribution is -0.117. The van der Waals surface area contributed by atoms with Crippen molar-refractivity contribution in [3.8, 4) is 5.75 Å². The first-order valence-electron chi connectivity index (χ1n) is 5.23. The summed E-state index contributed by atoms with van der Waals surface area (Å²) in [7, 11) is 0. The largest absolute Gasteiger partial charge is 0.508 e. The number of phenolic OH excluding ortho intramolecular Hbond substituents is 1. The number of halogens is 1. The number of nitrogens with zero attached hydrogens (tertiary/aromatic N) is 1. The molecule has 3 nitrogen and oxygen atoms in total. The molecule has 1 fully saturated rings. The van der Waals surface area contributed by atoms with E-state index in [1.807, 2.05) is 13.8 Å². The van der Waals surface area contributed by atoms with E-state index < -0.39 is 0 Å². The Morgan fingerprint density at radius 2 is 1.94 bits per heavy atom. The molecule has 1 N–H and O–H groups in total. The van der Waals surface area contributed by atoms with Crippen LogP contribution in [-0.4, -0.2) is 22.4 Å². The number of hydrogen-bond donors (Lipinski definition) is 1. The van der Waals surface area contributed by atoms with Crippen LogP contribution in [0.5, 0.6) is 5.75 Å². The maximum absolute atomic E-state index is 11.8. The topological polar surface area (TPSA) is 40.5 Å². The zero-order valence-corrected chi connectivity index (χ0v) is 10.9. The molecule has 0 spiro atoms. The highest BCUT2D eigenvalue weighted by Crippen LogP contribution is 2.33. The Bertz CT molecular complexity index is 422. The zero-order chi connectivity index (χ0) is 11.9. The van der Waals surface area contributed by atoms with Crippen molar-refractivity contribution in [2.24, 2.45) is 0 Å². The number of carbonyl (C=O) groups is 1. The van der Waals surface area contributed by atoms with Crippen LogP contribution >= 0.6 is 15.9 Å². The Morgan fingerprint density at radius 3 is 2.38 bits per heavy atom. The average Bonchev–Trinajstić information content (AvgIpc) is 2.43. The summed E-state index contributed by atoms with van der Waals surface area (Å²) in [6.07, 6.45) is 0.541. The van der Waals surface area contributed by atoms with Gasteiger partial charge in [-0.15, -0.1) is 0 Å². The molecule has 86 valence electrons. The maximum Gasteiger partial charge on any atom is 0.228 e. The Balaban J connectivity index is 2.44. The molecular formula is C12H14BrNO2. The van der Waals surface area contributed by atoms with Gasteiger partial charge < -0.3 is 10.0 Å². The normalized spacial score (nSPS) is 20.6. The number of carbonyl (C=O) groups excluding carboxylic acids is 1. The van der Waals surface area contributed by atoms with Crippen LogP contribution in [-0.2, 0) is 4.79 Å². The lowest BCUT2D eigenvalue weighted by atomic mass is 10.1. The van der Waals surface area contributed by atoms with Crippen molar-refractivity contribution < 1.29 is 9.90 Å². The molecule has 1 aromatic rings. The van der Waals surface area contributed by atoms with Crippen LogP contribution in [0.2, 0.25) is 0 Å². The molecular weight excluding hydrogens is 270 g/mol. The first kappa shape index (κ1) is 11.5. The lowest BCUT2D eigenvalue weighted by Crippen LogP contribution is -2.26. The SMILES string of the molecule is Cc1cc(O)cc(C)c1N1CC(Br)CC1=O. The van der Waals surface area contributed by atoms with Gasteiger partial charge in [0.15, 0.2) is 0 Å². The number of amides is 1. The molecule has 0 saturated carbocycles. The van der Waals surface area contributed by atoms with Gasteiger partial charge in [0, 0.05) is 23.5 Å². The number of hydrogen-bond acceptors (Lipinski definition) is 2. The predicted molar refractivity (Wildman–Crippen MR) is 67.3 cm³/mol. The van der Waals surface area contributed by atoms with Gasteiger partial charge in [0.2, 0.25) is 5.91 Å². The number of alkyl halides is 1. The zero-order valence-electron chi connectivity index (χ0n) is 9.33. The van der Waals surface area contributed by atoms with E-state index in [2.05, 4.69) is 15.9 Å². The number of aryl methyl sites for hydroxylation is 2. The van der Waals surface area contributed by atoms with Crippen molar-refractivity contribution in [1.29, 1.82) is 0 Å². The molecule has 16 heavy (non-hydrogen) atoms. The van der Waals surface area contributed by atoms with Crippen LogP contribution in [0.1, 0.15) is 17.5 Å². The molecule has 0 aliphatic carbocycles. The van der Waals surface area contributed by atoms with E-state index in [0.29, 0.717) is 13.0 Å². The second-order valence-electron chi connectivity index (χ2n) is 4.23. The van der Waals surface area contributed by atoms with E-state index in [0.717, 1.165) is 16.8 Å². The van der Waals surface area contributed by atoms with Crippen LogP contribution in [0.15, 0.2) is 12.1 Å². The summed E-state index contributed by atoms with van der Waals surface area (Å²) in [5, 5.41) is 9.47. The monoisotopic (exact) mass is 283 g/mol. The Morgan fingerprint density at radius 1 is 1.38 bits per heavy atom. The van der Waals surface area contributed by atoms with Crippen LogP contribution in [0.25, 0.3) is 0 Å². The lowest BCUT2D eigenvalue weighted by Gasteiger charge is -2.21. The average molecular weight is 284 g/mol. The second kappa shape index (κ2) is 4.09. The second-order valence-corrected chi connectivity index (χ2v) is 5.53. The van der Waals surface area contributed by atoms with E-state index in [1.165, 1.54) is 0 Å². The summed E-state index contributed by atoms with van der Waals surface area (Å²) < 4.78 is 0. The first-order valence-corrected chi connectivity index (χ1v) is 6.15. The van der Waals surface area contributed by atoms with E-state index in [-0.39, 0.29) is 16.5 Å². The van der Waals surface area contributed by atoms with Gasteiger partial charge in [-0.25, -0.2) is 0 Å². The fourth-order valence-corrected chi connectivity index (χ4v) is 2.81. The van der Waals surface area contributed by atoms with Crippen molar-refractivity contribution >= 4 is 27.5 Å². The van der Waals surface area contributed by atoms with Gasteiger partial charge in [-0.1, -0.05) is 15.9 Å². The molecule has 1 amide bonds. The van der Waals surface area contributed by atoms with Crippen LogP contribution in [0.4, 0.5) is 5.69 Å². The van der Waals surface area contributed by atoms with Gasteiger partial charge in [-0.05, 0) is 37.1 Å². The molecule has 1 saturated heterocycles. The fraction of sp³-hybridized carbons (Fsp3) is 0.417. The third-order valence-electron chi connectivity index (χ3n) is 2.82. The molecule has 2 rings (SSSR count). The molecule has 1 unspecified atom stereocenters. The minimum absolute atomic E-state index is 0.138. The number of aromatic hydroxyl groups is 1. The predicted octanol–water partition coefficient (Wildman–Crippen LogP) is 2.51. The van der Waals surface area contributed by atoms with Gasteiger partial charge in [-0.3, -0.25) is 4.79 Å². The van der Waals surface area contributed by atoms with Crippen LogP contribution in [0, 0.1) is 13.8 Å². The van der Waals surface area contributed by atoms with Crippen LogP contribution in [0.3, 0.4) is 0 Å². The van der Waals surface area contributed by atoms with E-state index in [1.54, 1.807) is 17.0 Å². The summed E-state index contributed by atoms with van der Waals surface area (Å²) in [6.45, 7) is 4.53. The molecule has 0 bridgehead atoms. The van der Waals surface area contributed by atoms with Crippen molar-refractivity contribution in [1.82, 2.24) is 0 Å². The minimum Gasteiger partial charge on any atom is -0.508 e. The van der Waals surface area contributed by atoms with Gasteiger partial charge in [0.25, 0.3) is 0 Å². The number of benzene rings is 1. The highest BCUT2D eigenvalue weighted by atomic mass is 79.9. The van der Waals surface area contributed by atoms with Crippen molar-refractivity contribution in [2.45, 2.75) is 25.1 Å². The van der Waals surface area contributed by atoms with Crippen molar-refractivity contribution in [2.75, 3.05) is 11.4 Å². The third kappa shape index (κ3) is 1.94. The molecule has 0 radical (unpaired) electrons. The highest BCUT2D eigenvalue weighted by Gasteiger charge is 2.30. The molecule has 1 aromatic carbocycles. The first-order chi connectivity index (χ1) is 7.49. The standard InChI is InChI=1S/C12H14BrNO2/c1-7-3-10(15)4-8(2)12(7)14-6-9(13)5-11(14)16/h3-4,9,15H,5-6H2,1-2H3. The van der Waals surface area contributed by atoms with Crippen molar-refractivity contribution in [3.05, 3.63) is 23.3 Å². The molecule has 4 heteroatoms. The molecule has 0 aromatic heterocycles. The smallest absolute Gasteiger partial charge is 0.228 e. The van der Waals surface area contributed by atoms with Crippen LogP contribution < -0.4 is 4.90 Å². The number of rotatable bonds is 1. The summed E-state index contributed by atoms with van der Waals surface area (Å²) in [5.74, 6) is 0.388. The number of anilines is 1. The van der Waals surface area contributed by atoms with E-state index >= 15 is 0 Å². The summed E-state index contributed by atoms with van der Waals surface area (Å²) in [4.78, 5) is 13.8. The summed E-state index contributed by atoms with van der Waals surface area (Å²) >= 11 is 3.47. The summed E-state index contributed by atoms with van der Waals surface area (Å²) in [6, 6.07) is 3.38. The van der Waals surface area contributed by atoms with Crippen molar-refractivity contribution in [3.63, 3.8) is 0 Å². The number of phenols is 1. The highest BCUT2D eigenvalue weighted by molar-refractivity contribution is 9.09. The third-order valence-corrected chi connectivity index (χ3v) is 3.44. The Kier molecular flexibility index (Phi) is 2.93. The Labute approximate surface area is 103 Å². The van der Waals surface area contributed by atoms with Gasteiger partial charge >= 0.3 is 0 Å². The van der Waals surface area contributed by atoms with E-state index in [4.69, 9.17) is 0 Å². The maximum atomic E-state index is 11.8. The molecule has 1 aliphatic heterocycles. The van der Waals surface area contributed by atoms with Gasteiger partial charge in [-0.2, -0.15) is 0 Å². The van der Waals surface area contributed by atoms with E-state index in [9.17, 15) is 9.90 Å². The van der Waals surface area contributed by atoms with Gasteiger partial charge in [0.1, 0.15) is 5.75 Å². The van der Waals surface area contributed by atoms with Gasteiger partial charge in [0.05, 0.1) is 0 Å². The quantitative estimate of drug-likeness (QED) is 0.805. The summed E-state index contributed by atoms with van der Waals surface area (Å²) in [5.41, 5.74) is 2.81. The molecule has 1 heterocycles. The molecule has 1 aliphatic rings. The minimum atomic E-state index is 0.138. The molecule has 1 atom stereocenters. The Hall–Kier alpha value is -1.03.